The van der Waals surface area contributed by atoms with Crippen molar-refractivity contribution in [3.05, 3.63) is 35.4 Å². The Kier molecular flexibility index (Phi) is 7.93. The summed E-state index contributed by atoms with van der Waals surface area (Å²) in [6.07, 6.45) is 4.94. The Balaban J connectivity index is 1.97. The Morgan fingerprint density at radius 1 is 1.25 bits per heavy atom. The summed E-state index contributed by atoms with van der Waals surface area (Å²) in [6.45, 7) is 6.21. The normalized spacial score (nSPS) is 18.3. The highest BCUT2D eigenvalue weighted by Gasteiger charge is 2.28. The third kappa shape index (κ3) is 5.42. The number of carbonyl (C=O) groups is 1. The summed E-state index contributed by atoms with van der Waals surface area (Å²) in [4.78, 5) is 12.6. The Hall–Kier alpha value is -1.19. The lowest BCUT2D eigenvalue weighted by atomic mass is 9.75. The Morgan fingerprint density at radius 2 is 1.92 bits per heavy atom. The van der Waals surface area contributed by atoms with Crippen LogP contribution >= 0.6 is 0 Å². The highest BCUT2D eigenvalue weighted by molar-refractivity contribution is 5.81. The monoisotopic (exact) mass is 332 g/mol. The largest absolute Gasteiger partial charge is 0.396 e. The van der Waals surface area contributed by atoms with Crippen LogP contribution < -0.4 is 0 Å². The summed E-state index contributed by atoms with van der Waals surface area (Å²) < 4.78 is 5.46. The van der Waals surface area contributed by atoms with Gasteiger partial charge in [0.25, 0.3) is 0 Å². The molecule has 1 heterocycles. The fraction of sp³-hybridized carbons (Fsp3) is 0.667. The predicted octanol–water partition coefficient (Wildman–Crippen LogP) is 3.81. The standard InChI is InChI=1S/C21H32O3/c1-3-17-6-4-5-7-20(17)15-21(23)14-19(8-11-22)16(2)18-9-12-24-13-10-18/h4-7,16,18-19,22H,3,8-15H2,1-2H3. The number of Topliss-reactive ketones (excluding diaryl/α,β-unsaturated/α-hetero) is 1. The molecule has 0 saturated carbocycles. The molecule has 1 aromatic carbocycles. The van der Waals surface area contributed by atoms with Gasteiger partial charge >= 0.3 is 0 Å². The van der Waals surface area contributed by atoms with Crippen molar-refractivity contribution in [2.75, 3.05) is 19.8 Å². The van der Waals surface area contributed by atoms with E-state index < -0.39 is 0 Å². The minimum Gasteiger partial charge on any atom is -0.396 e. The molecular weight excluding hydrogens is 300 g/mol. The number of benzene rings is 1. The lowest BCUT2D eigenvalue weighted by Crippen LogP contribution is -2.29. The third-order valence-electron chi connectivity index (χ3n) is 5.63. The Labute approximate surface area is 146 Å². The number of aliphatic hydroxyl groups excluding tert-OH is 1. The molecule has 1 saturated heterocycles. The smallest absolute Gasteiger partial charge is 0.137 e. The molecule has 0 amide bonds. The molecule has 2 atom stereocenters. The van der Waals surface area contributed by atoms with E-state index in [4.69, 9.17) is 4.74 Å². The van der Waals surface area contributed by atoms with E-state index in [1.807, 2.05) is 12.1 Å². The molecule has 2 unspecified atom stereocenters. The second kappa shape index (κ2) is 9.95. The van der Waals surface area contributed by atoms with Gasteiger partial charge < -0.3 is 9.84 Å². The first kappa shape index (κ1) is 19.1. The van der Waals surface area contributed by atoms with Crippen LogP contribution in [-0.4, -0.2) is 30.7 Å². The van der Waals surface area contributed by atoms with Crippen molar-refractivity contribution in [3.8, 4) is 0 Å². The van der Waals surface area contributed by atoms with Crippen LogP contribution in [0.25, 0.3) is 0 Å². The van der Waals surface area contributed by atoms with Crippen LogP contribution in [0.15, 0.2) is 24.3 Å². The van der Waals surface area contributed by atoms with Crippen molar-refractivity contribution in [1.82, 2.24) is 0 Å². The van der Waals surface area contributed by atoms with Gasteiger partial charge in [0, 0.05) is 32.7 Å². The number of ketones is 1. The summed E-state index contributed by atoms with van der Waals surface area (Å²) in [5, 5.41) is 9.43. The molecule has 1 N–H and O–H groups in total. The fourth-order valence-corrected chi connectivity index (χ4v) is 4.00. The van der Waals surface area contributed by atoms with Gasteiger partial charge in [0.05, 0.1) is 0 Å². The molecule has 1 aliphatic heterocycles. The molecule has 0 aliphatic carbocycles. The van der Waals surface area contributed by atoms with Crippen molar-refractivity contribution >= 4 is 5.78 Å². The first-order valence-electron chi connectivity index (χ1n) is 9.42. The van der Waals surface area contributed by atoms with Gasteiger partial charge in [0.2, 0.25) is 0 Å². The van der Waals surface area contributed by atoms with E-state index in [-0.39, 0.29) is 12.5 Å². The zero-order chi connectivity index (χ0) is 17.4. The second-order valence-corrected chi connectivity index (χ2v) is 7.12. The molecule has 24 heavy (non-hydrogen) atoms. The molecule has 1 fully saturated rings. The minimum atomic E-state index is 0.164. The number of carbonyl (C=O) groups excluding carboxylic acids is 1. The van der Waals surface area contributed by atoms with Gasteiger partial charge in [-0.2, -0.15) is 0 Å². The number of aliphatic hydroxyl groups is 1. The Bertz CT molecular complexity index is 506. The third-order valence-corrected chi connectivity index (χ3v) is 5.63. The average Bonchev–Trinajstić information content (AvgIpc) is 2.62. The maximum absolute atomic E-state index is 12.6. The van der Waals surface area contributed by atoms with E-state index >= 15 is 0 Å². The van der Waals surface area contributed by atoms with Crippen molar-refractivity contribution in [2.45, 2.75) is 52.4 Å². The molecule has 2 rings (SSSR count). The lowest BCUT2D eigenvalue weighted by molar-refractivity contribution is -0.120. The van der Waals surface area contributed by atoms with Gasteiger partial charge in [-0.1, -0.05) is 38.1 Å². The van der Waals surface area contributed by atoms with Gasteiger partial charge in [0.15, 0.2) is 0 Å². The summed E-state index contributed by atoms with van der Waals surface area (Å²) in [7, 11) is 0. The molecule has 0 aromatic heterocycles. The summed E-state index contributed by atoms with van der Waals surface area (Å²) in [5.74, 6) is 1.66. The van der Waals surface area contributed by atoms with E-state index in [0.29, 0.717) is 30.5 Å². The van der Waals surface area contributed by atoms with Crippen LogP contribution in [0.1, 0.15) is 50.7 Å². The zero-order valence-corrected chi connectivity index (χ0v) is 15.2. The molecule has 0 bridgehead atoms. The summed E-state index contributed by atoms with van der Waals surface area (Å²) in [6, 6.07) is 8.23. The van der Waals surface area contributed by atoms with E-state index in [9.17, 15) is 9.90 Å². The molecule has 3 nitrogen and oxygen atoms in total. The second-order valence-electron chi connectivity index (χ2n) is 7.12. The van der Waals surface area contributed by atoms with E-state index in [1.165, 1.54) is 5.56 Å². The van der Waals surface area contributed by atoms with Crippen LogP contribution in [0.3, 0.4) is 0 Å². The number of ether oxygens (including phenoxy) is 1. The lowest BCUT2D eigenvalue weighted by Gasteiger charge is -2.33. The van der Waals surface area contributed by atoms with E-state index in [0.717, 1.165) is 44.5 Å². The zero-order valence-electron chi connectivity index (χ0n) is 15.2. The van der Waals surface area contributed by atoms with Crippen LogP contribution in [0.2, 0.25) is 0 Å². The molecule has 1 aliphatic rings. The first-order valence-corrected chi connectivity index (χ1v) is 9.42. The minimum absolute atomic E-state index is 0.164. The molecule has 134 valence electrons. The molecule has 3 heteroatoms. The number of rotatable bonds is 9. The fourth-order valence-electron chi connectivity index (χ4n) is 4.00. The highest BCUT2D eigenvalue weighted by atomic mass is 16.5. The van der Waals surface area contributed by atoms with Crippen molar-refractivity contribution in [1.29, 1.82) is 0 Å². The predicted molar refractivity (Wildman–Crippen MR) is 97.0 cm³/mol. The van der Waals surface area contributed by atoms with Crippen molar-refractivity contribution < 1.29 is 14.6 Å². The van der Waals surface area contributed by atoms with Gasteiger partial charge in [-0.3, -0.25) is 4.79 Å². The number of aryl methyl sites for hydroxylation is 1. The van der Waals surface area contributed by atoms with Gasteiger partial charge in [-0.25, -0.2) is 0 Å². The maximum Gasteiger partial charge on any atom is 0.137 e. The van der Waals surface area contributed by atoms with Gasteiger partial charge in [0.1, 0.15) is 5.78 Å². The molecular formula is C21H32O3. The number of hydrogen-bond acceptors (Lipinski definition) is 3. The molecule has 0 spiro atoms. The highest BCUT2D eigenvalue weighted by Crippen LogP contribution is 2.33. The summed E-state index contributed by atoms with van der Waals surface area (Å²) in [5.41, 5.74) is 2.42. The van der Waals surface area contributed by atoms with Gasteiger partial charge in [-0.05, 0) is 54.6 Å². The van der Waals surface area contributed by atoms with Crippen LogP contribution in [0, 0.1) is 17.8 Å². The SMILES string of the molecule is CCc1ccccc1CC(=O)CC(CCO)C(C)C1CCOCC1. The van der Waals surface area contributed by atoms with Crippen molar-refractivity contribution in [2.24, 2.45) is 17.8 Å². The molecule has 1 aromatic rings. The maximum atomic E-state index is 12.6. The molecule has 0 radical (unpaired) electrons. The van der Waals surface area contributed by atoms with E-state index in [2.05, 4.69) is 26.0 Å². The first-order chi connectivity index (χ1) is 11.7. The topological polar surface area (TPSA) is 46.5 Å². The van der Waals surface area contributed by atoms with Crippen LogP contribution in [0.5, 0.6) is 0 Å². The average molecular weight is 332 g/mol. The van der Waals surface area contributed by atoms with E-state index in [1.54, 1.807) is 0 Å². The van der Waals surface area contributed by atoms with Crippen LogP contribution in [-0.2, 0) is 22.4 Å². The summed E-state index contributed by atoms with van der Waals surface area (Å²) >= 11 is 0. The van der Waals surface area contributed by atoms with Crippen molar-refractivity contribution in [3.63, 3.8) is 0 Å². The van der Waals surface area contributed by atoms with Crippen LogP contribution in [0.4, 0.5) is 0 Å². The van der Waals surface area contributed by atoms with Gasteiger partial charge in [-0.15, -0.1) is 0 Å². The quantitative estimate of drug-likeness (QED) is 0.748. The Morgan fingerprint density at radius 3 is 2.54 bits per heavy atom. The number of hydrogen-bond donors (Lipinski definition) is 1.